The van der Waals surface area contributed by atoms with Crippen molar-refractivity contribution in [2.24, 2.45) is 5.73 Å². The predicted molar refractivity (Wildman–Crippen MR) is 96.6 cm³/mol. The first-order valence-corrected chi connectivity index (χ1v) is 9.14. The van der Waals surface area contributed by atoms with Gasteiger partial charge in [-0.15, -0.1) is 0 Å². The topological polar surface area (TPSA) is 151 Å². The van der Waals surface area contributed by atoms with E-state index in [0.717, 1.165) is 6.42 Å². The number of hydrogen-bond acceptors (Lipinski definition) is 5. The highest BCUT2D eigenvalue weighted by Crippen LogP contribution is 2.02. The smallest absolute Gasteiger partial charge is 0.325 e. The van der Waals surface area contributed by atoms with E-state index in [1.54, 1.807) is 0 Å². The number of amides is 3. The maximum absolute atomic E-state index is 12.3. The summed E-state index contributed by atoms with van der Waals surface area (Å²) in [5, 5.41) is 16.1. The largest absolute Gasteiger partial charge is 0.480 e. The summed E-state index contributed by atoms with van der Waals surface area (Å²) in [6, 6.07) is -2.74. The number of rotatable bonds is 11. The van der Waals surface area contributed by atoms with Crippen molar-refractivity contribution in [3.63, 3.8) is 0 Å². The Morgan fingerprint density at radius 3 is 2.08 bits per heavy atom. The van der Waals surface area contributed by atoms with E-state index in [9.17, 15) is 19.2 Å². The van der Waals surface area contributed by atoms with Crippen LogP contribution in [0.4, 0.5) is 0 Å². The molecular formula is C14H25IN4O5. The first-order chi connectivity index (χ1) is 11.2. The third kappa shape index (κ3) is 9.01. The molecule has 0 aliphatic heterocycles. The number of carbonyl (C=O) groups is 4. The summed E-state index contributed by atoms with van der Waals surface area (Å²) in [5.74, 6) is -2.55. The second-order valence-corrected chi connectivity index (χ2v) is 6.10. The van der Waals surface area contributed by atoms with E-state index in [1.165, 1.54) is 13.8 Å². The number of carbonyl (C=O) groups excluding carboxylic acids is 3. The number of carboxylic acid groups (broad SMARTS) is 1. The molecule has 0 saturated heterocycles. The monoisotopic (exact) mass is 456 g/mol. The summed E-state index contributed by atoms with van der Waals surface area (Å²) in [4.78, 5) is 46.4. The second kappa shape index (κ2) is 12.0. The lowest BCUT2D eigenvalue weighted by Crippen LogP contribution is -2.54. The minimum absolute atomic E-state index is 0.213. The number of halogens is 1. The zero-order chi connectivity index (χ0) is 18.7. The average Bonchev–Trinajstić information content (AvgIpc) is 2.53. The van der Waals surface area contributed by atoms with Crippen LogP contribution in [0.3, 0.4) is 0 Å². The number of hydrogen-bond donors (Lipinski definition) is 5. The lowest BCUT2D eigenvalue weighted by Gasteiger charge is -2.21. The molecule has 0 spiro atoms. The molecule has 0 radical (unpaired) electrons. The van der Waals surface area contributed by atoms with Gasteiger partial charge in [0.1, 0.15) is 18.1 Å². The van der Waals surface area contributed by atoms with Crippen LogP contribution in [0.1, 0.15) is 33.1 Å². The van der Waals surface area contributed by atoms with Crippen LogP contribution in [-0.2, 0) is 19.2 Å². The number of unbranched alkanes of at least 4 members (excludes halogenated alkanes) is 1. The van der Waals surface area contributed by atoms with Gasteiger partial charge in [0.2, 0.25) is 17.7 Å². The standard InChI is InChI=1S/C14H25IN4O5/c1-8(12(21)18-9(2)14(23)24)17-13(22)10(5-3-4-6-16)19-11(20)7-15/h8-10H,3-7,16H2,1-2H3,(H,17,22)(H,18,21)(H,19,20)(H,23,24)/t8-,9-,10+/m1/s1. The lowest BCUT2D eigenvalue weighted by atomic mass is 10.1. The van der Waals surface area contributed by atoms with Gasteiger partial charge < -0.3 is 26.8 Å². The van der Waals surface area contributed by atoms with Gasteiger partial charge in [0, 0.05) is 0 Å². The summed E-state index contributed by atoms with van der Waals surface area (Å²) < 4.78 is 0.213. The number of nitrogens with two attached hydrogens (primary N) is 1. The Kier molecular flexibility index (Phi) is 11.3. The highest BCUT2D eigenvalue weighted by atomic mass is 127. The van der Waals surface area contributed by atoms with Gasteiger partial charge in [0.25, 0.3) is 0 Å². The average molecular weight is 456 g/mol. The molecule has 9 nitrogen and oxygen atoms in total. The van der Waals surface area contributed by atoms with Gasteiger partial charge in [-0.1, -0.05) is 22.6 Å². The molecule has 3 atom stereocenters. The van der Waals surface area contributed by atoms with Crippen molar-refractivity contribution in [3.05, 3.63) is 0 Å². The summed E-state index contributed by atoms with van der Waals surface area (Å²) in [6.45, 7) is 3.25. The molecule has 0 aliphatic rings. The SMILES string of the molecule is C[C@@H](NC(=O)[C@@H](C)NC(=O)[C@H](CCCCN)NC(=O)CI)C(=O)O. The van der Waals surface area contributed by atoms with Gasteiger partial charge in [0.05, 0.1) is 4.43 Å². The van der Waals surface area contributed by atoms with Crippen molar-refractivity contribution in [2.75, 3.05) is 11.0 Å². The van der Waals surface area contributed by atoms with E-state index in [2.05, 4.69) is 16.0 Å². The number of nitrogens with one attached hydrogen (secondary N) is 3. The second-order valence-electron chi connectivity index (χ2n) is 5.34. The molecule has 0 bridgehead atoms. The number of aliphatic carboxylic acids is 1. The van der Waals surface area contributed by atoms with Crippen molar-refractivity contribution >= 4 is 46.3 Å². The molecule has 0 fully saturated rings. The third-order valence-corrected chi connectivity index (χ3v) is 3.89. The Balaban J connectivity index is 4.68. The van der Waals surface area contributed by atoms with Gasteiger partial charge in [-0.2, -0.15) is 0 Å². The molecule has 0 rings (SSSR count). The quantitative estimate of drug-likeness (QED) is 0.155. The van der Waals surface area contributed by atoms with Crippen molar-refractivity contribution in [2.45, 2.75) is 51.2 Å². The van der Waals surface area contributed by atoms with E-state index in [4.69, 9.17) is 10.8 Å². The maximum atomic E-state index is 12.3. The number of carboxylic acids is 1. The Morgan fingerprint density at radius 2 is 1.58 bits per heavy atom. The molecule has 0 aliphatic carbocycles. The fourth-order valence-electron chi connectivity index (χ4n) is 1.77. The Labute approximate surface area is 154 Å². The van der Waals surface area contributed by atoms with Crippen LogP contribution >= 0.6 is 22.6 Å². The van der Waals surface area contributed by atoms with Crippen LogP contribution in [-0.4, -0.2) is 57.9 Å². The zero-order valence-electron chi connectivity index (χ0n) is 13.8. The Bertz CT molecular complexity index is 460. The van der Waals surface area contributed by atoms with Crippen LogP contribution < -0.4 is 21.7 Å². The molecule has 24 heavy (non-hydrogen) atoms. The van der Waals surface area contributed by atoms with Gasteiger partial charge >= 0.3 is 5.97 Å². The fourth-order valence-corrected chi connectivity index (χ4v) is 1.99. The van der Waals surface area contributed by atoms with E-state index in [1.807, 2.05) is 22.6 Å². The molecular weight excluding hydrogens is 431 g/mol. The predicted octanol–water partition coefficient (Wildman–Crippen LogP) is -0.871. The summed E-state index contributed by atoms with van der Waals surface area (Å²) in [5.41, 5.74) is 5.42. The van der Waals surface area contributed by atoms with Crippen LogP contribution in [0.2, 0.25) is 0 Å². The molecule has 0 saturated carbocycles. The maximum Gasteiger partial charge on any atom is 0.325 e. The molecule has 138 valence electrons. The van der Waals surface area contributed by atoms with Crippen molar-refractivity contribution in [1.82, 2.24) is 16.0 Å². The molecule has 0 aromatic heterocycles. The van der Waals surface area contributed by atoms with Gasteiger partial charge in [-0.25, -0.2) is 0 Å². The van der Waals surface area contributed by atoms with Gasteiger partial charge in [-0.3, -0.25) is 19.2 Å². The van der Waals surface area contributed by atoms with Crippen LogP contribution in [0.5, 0.6) is 0 Å². The highest BCUT2D eigenvalue weighted by molar-refractivity contribution is 14.1. The molecule has 0 aromatic carbocycles. The van der Waals surface area contributed by atoms with Crippen LogP contribution in [0.25, 0.3) is 0 Å². The van der Waals surface area contributed by atoms with Gasteiger partial charge in [-0.05, 0) is 39.7 Å². The Hall–Kier alpha value is -1.43. The normalized spacial score (nSPS) is 14.2. The first-order valence-electron chi connectivity index (χ1n) is 7.61. The van der Waals surface area contributed by atoms with E-state index >= 15 is 0 Å². The molecule has 0 aromatic rings. The van der Waals surface area contributed by atoms with Crippen LogP contribution in [0.15, 0.2) is 0 Å². The van der Waals surface area contributed by atoms with E-state index < -0.39 is 35.9 Å². The third-order valence-electron chi connectivity index (χ3n) is 3.20. The zero-order valence-corrected chi connectivity index (χ0v) is 16.0. The molecule has 3 amide bonds. The van der Waals surface area contributed by atoms with Crippen molar-refractivity contribution < 1.29 is 24.3 Å². The minimum atomic E-state index is -1.17. The first kappa shape index (κ1) is 22.6. The molecule has 6 N–H and O–H groups in total. The fraction of sp³-hybridized carbons (Fsp3) is 0.714. The highest BCUT2D eigenvalue weighted by Gasteiger charge is 2.25. The molecule has 0 heterocycles. The summed E-state index contributed by atoms with van der Waals surface area (Å²) in [7, 11) is 0. The Morgan fingerprint density at radius 1 is 1.00 bits per heavy atom. The summed E-state index contributed by atoms with van der Waals surface area (Å²) in [6.07, 6.45) is 1.79. The van der Waals surface area contributed by atoms with Crippen molar-refractivity contribution in [3.8, 4) is 0 Å². The van der Waals surface area contributed by atoms with Gasteiger partial charge in [0.15, 0.2) is 0 Å². The lowest BCUT2D eigenvalue weighted by molar-refractivity contribution is -0.141. The number of alkyl halides is 1. The van der Waals surface area contributed by atoms with Crippen molar-refractivity contribution in [1.29, 1.82) is 0 Å². The molecule has 10 heteroatoms. The van der Waals surface area contributed by atoms with E-state index in [-0.39, 0.29) is 10.3 Å². The summed E-state index contributed by atoms with van der Waals surface area (Å²) >= 11 is 1.89. The molecule has 0 unspecified atom stereocenters. The minimum Gasteiger partial charge on any atom is -0.480 e. The van der Waals surface area contributed by atoms with E-state index in [0.29, 0.717) is 19.4 Å². The van der Waals surface area contributed by atoms with Crippen LogP contribution in [0, 0.1) is 0 Å².